The van der Waals surface area contributed by atoms with Gasteiger partial charge in [-0.3, -0.25) is 0 Å². The lowest BCUT2D eigenvalue weighted by atomic mass is 9.97. The molecule has 1 aliphatic carbocycles. The molecule has 1 rings (SSSR count). The van der Waals surface area contributed by atoms with E-state index in [0.29, 0.717) is 24.3 Å². The highest BCUT2D eigenvalue weighted by Gasteiger charge is 2.24. The van der Waals surface area contributed by atoms with E-state index >= 15 is 0 Å². The molecule has 0 saturated heterocycles. The predicted molar refractivity (Wildman–Crippen MR) is 40.2 cm³/mol. The first-order valence-corrected chi connectivity index (χ1v) is 3.35. The van der Waals surface area contributed by atoms with Crippen molar-refractivity contribution in [1.82, 2.24) is 0 Å². The average Bonchev–Trinajstić information content (AvgIpc) is 2.05. The van der Waals surface area contributed by atoms with Crippen LogP contribution in [0.1, 0.15) is 19.8 Å². The second kappa shape index (κ2) is 3.06. The average molecular weight is 148 g/mol. The molecule has 1 aliphatic rings. The van der Waals surface area contributed by atoms with Gasteiger partial charge in [0.15, 0.2) is 0 Å². The standard InChI is InChI=1S/C7H8N4/c1-5-2-3-6(10-8)4-7(5)11-9/h2H,3-4H2,1H3. The molecule has 0 bridgehead atoms. The van der Waals surface area contributed by atoms with E-state index in [1.54, 1.807) is 0 Å². The summed E-state index contributed by atoms with van der Waals surface area (Å²) in [7, 11) is 0. The first-order valence-electron chi connectivity index (χ1n) is 3.35. The SMILES string of the molecule is CC1=CCC(=[N+]=[N-])CC1=[N+]=[N-]. The molecule has 0 aliphatic heterocycles. The van der Waals surface area contributed by atoms with Crippen LogP contribution in [0, 0.1) is 0 Å². The molecule has 0 saturated carbocycles. The van der Waals surface area contributed by atoms with Gasteiger partial charge in [-0.2, -0.15) is 9.58 Å². The van der Waals surface area contributed by atoms with E-state index < -0.39 is 0 Å². The van der Waals surface area contributed by atoms with E-state index in [4.69, 9.17) is 11.1 Å². The van der Waals surface area contributed by atoms with Crippen molar-refractivity contribution in [2.45, 2.75) is 19.8 Å². The van der Waals surface area contributed by atoms with Crippen molar-refractivity contribution < 1.29 is 9.58 Å². The third-order valence-corrected chi connectivity index (χ3v) is 1.73. The molecule has 0 unspecified atom stereocenters. The molecule has 0 radical (unpaired) electrons. The highest BCUT2D eigenvalue weighted by atomic mass is 14.9. The van der Waals surface area contributed by atoms with E-state index in [-0.39, 0.29) is 0 Å². The highest BCUT2D eigenvalue weighted by molar-refractivity contribution is 6.10. The van der Waals surface area contributed by atoms with E-state index in [0.717, 1.165) is 5.57 Å². The van der Waals surface area contributed by atoms with Crippen LogP contribution in [0.2, 0.25) is 0 Å². The molecule has 0 fully saturated rings. The van der Waals surface area contributed by atoms with Crippen LogP contribution in [0.3, 0.4) is 0 Å². The Hall–Kier alpha value is -1.50. The van der Waals surface area contributed by atoms with Crippen molar-refractivity contribution in [2.75, 3.05) is 0 Å². The van der Waals surface area contributed by atoms with Gasteiger partial charge in [0.2, 0.25) is 0 Å². The third kappa shape index (κ3) is 1.49. The summed E-state index contributed by atoms with van der Waals surface area (Å²) in [4.78, 5) is 6.14. The lowest BCUT2D eigenvalue weighted by molar-refractivity contribution is -0.0182. The van der Waals surface area contributed by atoms with Crippen molar-refractivity contribution >= 4 is 11.4 Å². The third-order valence-electron chi connectivity index (χ3n) is 1.73. The number of hydrogen-bond acceptors (Lipinski definition) is 0. The van der Waals surface area contributed by atoms with Gasteiger partial charge in [0.05, 0.1) is 6.42 Å². The molecule has 56 valence electrons. The fourth-order valence-corrected chi connectivity index (χ4v) is 0.984. The first-order chi connectivity index (χ1) is 5.27. The predicted octanol–water partition coefficient (Wildman–Crippen LogP) is 1.07. The van der Waals surface area contributed by atoms with Crippen LogP contribution in [0.15, 0.2) is 11.6 Å². The summed E-state index contributed by atoms with van der Waals surface area (Å²) in [5.74, 6) is 0. The molecule has 4 nitrogen and oxygen atoms in total. The molecule has 0 amide bonds. The summed E-state index contributed by atoms with van der Waals surface area (Å²) in [6.07, 6.45) is 2.95. The van der Waals surface area contributed by atoms with Crippen LogP contribution < -0.4 is 0 Å². The van der Waals surface area contributed by atoms with Gasteiger partial charge >= 0.3 is 5.71 Å². The van der Waals surface area contributed by atoms with Crippen LogP contribution in [0.5, 0.6) is 0 Å². The van der Waals surface area contributed by atoms with Crippen LogP contribution in [0.25, 0.3) is 11.1 Å². The summed E-state index contributed by atoms with van der Waals surface area (Å²) in [5, 5.41) is 0. The lowest BCUT2D eigenvalue weighted by Crippen LogP contribution is -2.15. The van der Waals surface area contributed by atoms with Crippen LogP contribution in [0.4, 0.5) is 0 Å². The van der Waals surface area contributed by atoms with Crippen LogP contribution >= 0.6 is 0 Å². The van der Waals surface area contributed by atoms with E-state index in [1.807, 2.05) is 13.0 Å². The zero-order valence-electron chi connectivity index (χ0n) is 6.28. The molecular weight excluding hydrogens is 140 g/mol. The van der Waals surface area contributed by atoms with E-state index in [2.05, 4.69) is 9.58 Å². The van der Waals surface area contributed by atoms with Gasteiger partial charge in [0.1, 0.15) is 6.42 Å². The van der Waals surface area contributed by atoms with Gasteiger partial charge in [-0.15, -0.1) is 0 Å². The number of allylic oxidation sites excluding steroid dienone is 2. The number of rotatable bonds is 0. The largest absolute Gasteiger partial charge is 0.362 e. The summed E-state index contributed by atoms with van der Waals surface area (Å²) in [6.45, 7) is 1.86. The Labute approximate surface area is 64.4 Å². The van der Waals surface area contributed by atoms with Crippen molar-refractivity contribution in [3.05, 3.63) is 22.7 Å². The molecule has 11 heavy (non-hydrogen) atoms. The quantitative estimate of drug-likeness (QED) is 0.364. The summed E-state index contributed by atoms with van der Waals surface area (Å²) in [6, 6.07) is 0. The molecule has 0 heterocycles. The minimum absolute atomic E-state index is 0.440. The van der Waals surface area contributed by atoms with Gasteiger partial charge in [-0.05, 0) is 6.92 Å². The normalized spacial score (nSPS) is 17.0. The van der Waals surface area contributed by atoms with E-state index in [9.17, 15) is 0 Å². The minimum Gasteiger partial charge on any atom is -0.362 e. The smallest absolute Gasteiger partial charge is 0.305 e. The van der Waals surface area contributed by atoms with Crippen molar-refractivity contribution in [1.29, 1.82) is 0 Å². The Morgan fingerprint density at radius 3 is 2.64 bits per heavy atom. The Kier molecular flexibility index (Phi) is 2.12. The molecule has 0 aromatic heterocycles. The molecule has 0 aromatic rings. The maximum Gasteiger partial charge on any atom is 0.305 e. The van der Waals surface area contributed by atoms with Crippen molar-refractivity contribution in [3.8, 4) is 0 Å². The maximum absolute atomic E-state index is 8.49. The lowest BCUT2D eigenvalue weighted by Gasteiger charge is -1.98. The number of nitrogens with zero attached hydrogens (tertiary/aromatic N) is 4. The fourth-order valence-electron chi connectivity index (χ4n) is 0.984. The van der Waals surface area contributed by atoms with Gasteiger partial charge < -0.3 is 11.1 Å². The Balaban J connectivity index is 3.03. The second-order valence-corrected chi connectivity index (χ2v) is 2.48. The number of hydrogen-bond donors (Lipinski definition) is 0. The van der Waals surface area contributed by atoms with Gasteiger partial charge in [0.25, 0.3) is 5.71 Å². The maximum atomic E-state index is 8.49. The minimum atomic E-state index is 0.440. The Bertz CT molecular complexity index is 300. The van der Waals surface area contributed by atoms with Crippen molar-refractivity contribution in [2.24, 2.45) is 0 Å². The Morgan fingerprint density at radius 1 is 1.36 bits per heavy atom. The van der Waals surface area contributed by atoms with Gasteiger partial charge in [0, 0.05) is 5.57 Å². The van der Waals surface area contributed by atoms with Gasteiger partial charge in [-0.25, -0.2) is 0 Å². The highest BCUT2D eigenvalue weighted by Crippen LogP contribution is 2.09. The first kappa shape index (κ1) is 7.61. The molecule has 0 spiro atoms. The fraction of sp³-hybridized carbons (Fsp3) is 0.429. The summed E-state index contributed by atoms with van der Waals surface area (Å²) in [5.41, 5.74) is 19.0. The summed E-state index contributed by atoms with van der Waals surface area (Å²) >= 11 is 0. The zero-order chi connectivity index (χ0) is 8.27. The molecule has 0 atom stereocenters. The molecule has 0 N–H and O–H groups in total. The zero-order valence-corrected chi connectivity index (χ0v) is 6.28. The van der Waals surface area contributed by atoms with E-state index in [1.165, 1.54) is 0 Å². The molecule has 4 heteroatoms. The van der Waals surface area contributed by atoms with Gasteiger partial charge in [-0.1, -0.05) is 6.08 Å². The molecular formula is C7H8N4. The second-order valence-electron chi connectivity index (χ2n) is 2.48. The Morgan fingerprint density at radius 2 is 2.09 bits per heavy atom. The molecule has 0 aromatic carbocycles. The summed E-state index contributed by atoms with van der Waals surface area (Å²) < 4.78 is 0. The topological polar surface area (TPSA) is 72.8 Å². The van der Waals surface area contributed by atoms with Crippen LogP contribution in [-0.2, 0) is 0 Å². The van der Waals surface area contributed by atoms with Crippen LogP contribution in [-0.4, -0.2) is 21.0 Å². The van der Waals surface area contributed by atoms with Crippen molar-refractivity contribution in [3.63, 3.8) is 0 Å². The monoisotopic (exact) mass is 148 g/mol.